The van der Waals surface area contributed by atoms with E-state index in [-0.39, 0.29) is 17.6 Å². The minimum absolute atomic E-state index is 0.167. The second kappa shape index (κ2) is 5.99. The predicted octanol–water partition coefficient (Wildman–Crippen LogP) is 5.16. The van der Waals surface area contributed by atoms with E-state index < -0.39 is 0 Å². The lowest BCUT2D eigenvalue weighted by Crippen LogP contribution is -2.29. The number of hydrogen-bond acceptors (Lipinski definition) is 1. The molecule has 1 nitrogen and oxygen atoms in total. The molecule has 0 rings (SSSR count). The van der Waals surface area contributed by atoms with E-state index in [1.165, 1.54) is 0 Å². The lowest BCUT2D eigenvalue weighted by atomic mass is 9.85. The van der Waals surface area contributed by atoms with Gasteiger partial charge in [-0.3, -0.25) is 4.79 Å². The second-order valence-electron chi connectivity index (χ2n) is 3.81. The molecule has 0 aromatic carbocycles. The molecule has 0 aliphatic carbocycles. The molecule has 0 saturated heterocycles. The molecular weight excluding hydrogens is 467 g/mol. The Kier molecular flexibility index (Phi) is 6.79. The highest BCUT2D eigenvalue weighted by molar-refractivity contribution is 9.39. The van der Waals surface area contributed by atoms with Gasteiger partial charge in [0.25, 0.3) is 0 Å². The zero-order valence-electron chi connectivity index (χ0n) is 7.79. The Morgan fingerprint density at radius 1 is 1.36 bits per heavy atom. The Bertz CT molecular complexity index is 212. The van der Waals surface area contributed by atoms with Crippen LogP contribution in [0.2, 0.25) is 0 Å². The van der Waals surface area contributed by atoms with Crippen molar-refractivity contribution in [1.82, 2.24) is 0 Å². The van der Waals surface area contributed by atoms with Crippen LogP contribution in [0.3, 0.4) is 0 Å². The highest BCUT2D eigenvalue weighted by Crippen LogP contribution is 2.45. The molecule has 0 saturated carbocycles. The SMILES string of the molecule is CC(C)(CC(=O)Cl)C(Br)CC(Br)(Br)Br. The number of carbonyl (C=O) groups excluding carboxylic acids is 1. The average Bonchev–Trinajstić information content (AvgIpc) is 1.79. The maximum atomic E-state index is 10.8. The molecule has 0 fully saturated rings. The molecule has 0 heterocycles. The summed E-state index contributed by atoms with van der Waals surface area (Å²) in [6.45, 7) is 4.01. The van der Waals surface area contributed by atoms with E-state index in [2.05, 4.69) is 63.7 Å². The molecule has 1 atom stereocenters. The first-order chi connectivity index (χ1) is 6.04. The highest BCUT2D eigenvalue weighted by atomic mass is 80.0. The summed E-state index contributed by atoms with van der Waals surface area (Å²) >= 11 is 19.2. The Balaban J connectivity index is 4.35. The summed E-state index contributed by atoms with van der Waals surface area (Å²) in [7, 11) is 0. The van der Waals surface area contributed by atoms with E-state index in [1.54, 1.807) is 0 Å². The fourth-order valence-corrected chi connectivity index (χ4v) is 4.21. The van der Waals surface area contributed by atoms with Gasteiger partial charge in [-0.05, 0) is 23.4 Å². The molecule has 0 aliphatic rings. The van der Waals surface area contributed by atoms with Crippen molar-refractivity contribution in [2.75, 3.05) is 0 Å². The molecule has 0 spiro atoms. The molecule has 0 bridgehead atoms. The van der Waals surface area contributed by atoms with Gasteiger partial charge >= 0.3 is 0 Å². The first-order valence-electron chi connectivity index (χ1n) is 3.94. The van der Waals surface area contributed by atoms with E-state index >= 15 is 0 Å². The standard InChI is InChI=1S/C8H11Br4ClO/c1-7(2,4-6(13)14)5(9)3-8(10,11)12/h5H,3-4H2,1-2H3. The summed E-state index contributed by atoms with van der Waals surface area (Å²) in [4.78, 5) is 11.0. The molecule has 14 heavy (non-hydrogen) atoms. The van der Waals surface area contributed by atoms with Crippen LogP contribution in [0.25, 0.3) is 0 Å². The van der Waals surface area contributed by atoms with E-state index in [1.807, 2.05) is 13.8 Å². The van der Waals surface area contributed by atoms with Crippen LogP contribution < -0.4 is 0 Å². The maximum Gasteiger partial charge on any atom is 0.222 e. The average molecular weight is 478 g/mol. The maximum absolute atomic E-state index is 10.8. The van der Waals surface area contributed by atoms with Gasteiger partial charge in [-0.2, -0.15) is 0 Å². The van der Waals surface area contributed by atoms with Crippen molar-refractivity contribution in [1.29, 1.82) is 0 Å². The topological polar surface area (TPSA) is 17.1 Å². The lowest BCUT2D eigenvalue weighted by Gasteiger charge is -2.31. The lowest BCUT2D eigenvalue weighted by molar-refractivity contribution is -0.113. The van der Waals surface area contributed by atoms with Gasteiger partial charge in [0, 0.05) is 11.2 Å². The minimum Gasteiger partial charge on any atom is -0.281 e. The van der Waals surface area contributed by atoms with Gasteiger partial charge in [-0.15, -0.1) is 0 Å². The first kappa shape index (κ1) is 15.9. The van der Waals surface area contributed by atoms with Gasteiger partial charge in [0.05, 0.1) is 0 Å². The Hall–Kier alpha value is 1.88. The molecule has 0 aromatic rings. The van der Waals surface area contributed by atoms with E-state index in [0.29, 0.717) is 6.42 Å². The molecule has 0 amide bonds. The Labute approximate surface area is 123 Å². The molecular formula is C8H11Br4ClO. The molecule has 0 radical (unpaired) electrons. The van der Waals surface area contributed by atoms with E-state index in [4.69, 9.17) is 11.6 Å². The molecule has 0 aromatic heterocycles. The van der Waals surface area contributed by atoms with Gasteiger partial charge in [0.2, 0.25) is 5.24 Å². The minimum atomic E-state index is -0.302. The number of rotatable bonds is 4. The van der Waals surface area contributed by atoms with Gasteiger partial charge in [-0.25, -0.2) is 0 Å². The van der Waals surface area contributed by atoms with Gasteiger partial charge < -0.3 is 0 Å². The van der Waals surface area contributed by atoms with Crippen LogP contribution in [0.1, 0.15) is 26.7 Å². The van der Waals surface area contributed by atoms with Crippen LogP contribution >= 0.6 is 75.3 Å². The van der Waals surface area contributed by atoms with E-state index in [9.17, 15) is 4.79 Å². The third-order valence-electron chi connectivity index (χ3n) is 1.85. The van der Waals surface area contributed by atoms with Gasteiger partial charge in [0.15, 0.2) is 0 Å². The van der Waals surface area contributed by atoms with Crippen molar-refractivity contribution in [3.8, 4) is 0 Å². The van der Waals surface area contributed by atoms with E-state index in [0.717, 1.165) is 6.42 Å². The second-order valence-corrected chi connectivity index (χ2v) is 12.6. The van der Waals surface area contributed by atoms with Crippen molar-refractivity contribution >= 4 is 80.6 Å². The van der Waals surface area contributed by atoms with Crippen LogP contribution in [0, 0.1) is 5.41 Å². The van der Waals surface area contributed by atoms with Crippen molar-refractivity contribution < 1.29 is 4.79 Å². The quantitative estimate of drug-likeness (QED) is 0.403. The van der Waals surface area contributed by atoms with Crippen LogP contribution in [-0.2, 0) is 4.79 Å². The smallest absolute Gasteiger partial charge is 0.222 e. The largest absolute Gasteiger partial charge is 0.281 e. The fourth-order valence-electron chi connectivity index (χ4n) is 0.948. The fraction of sp³-hybridized carbons (Fsp3) is 0.875. The van der Waals surface area contributed by atoms with Crippen LogP contribution in [0.15, 0.2) is 0 Å². The van der Waals surface area contributed by atoms with Crippen molar-refractivity contribution in [2.45, 2.75) is 33.7 Å². The van der Waals surface area contributed by atoms with Crippen molar-refractivity contribution in [3.63, 3.8) is 0 Å². The van der Waals surface area contributed by atoms with Crippen molar-refractivity contribution in [2.24, 2.45) is 5.41 Å². The summed E-state index contributed by atoms with van der Waals surface area (Å²) < 4.78 is -0.298. The highest BCUT2D eigenvalue weighted by Gasteiger charge is 2.34. The van der Waals surface area contributed by atoms with Gasteiger partial charge in [-0.1, -0.05) is 77.6 Å². The number of alkyl halides is 4. The zero-order valence-corrected chi connectivity index (χ0v) is 14.9. The third kappa shape index (κ3) is 7.20. The van der Waals surface area contributed by atoms with Gasteiger partial charge in [0.1, 0.15) is 2.14 Å². The molecule has 0 N–H and O–H groups in total. The van der Waals surface area contributed by atoms with Crippen LogP contribution in [-0.4, -0.2) is 12.2 Å². The van der Waals surface area contributed by atoms with Crippen LogP contribution in [0.4, 0.5) is 0 Å². The Morgan fingerprint density at radius 2 is 1.79 bits per heavy atom. The summed E-state index contributed by atoms with van der Waals surface area (Å²) in [5.41, 5.74) is -0.167. The third-order valence-corrected chi connectivity index (χ3v) is 4.52. The number of halogens is 5. The van der Waals surface area contributed by atoms with Crippen LogP contribution in [0.5, 0.6) is 0 Å². The normalized spacial score (nSPS) is 15.4. The predicted molar refractivity (Wildman–Crippen MR) is 76.1 cm³/mol. The van der Waals surface area contributed by atoms with Crippen molar-refractivity contribution in [3.05, 3.63) is 0 Å². The molecule has 1 unspecified atom stereocenters. The summed E-state index contributed by atoms with van der Waals surface area (Å²) in [5.74, 6) is 0. The monoisotopic (exact) mass is 474 g/mol. The zero-order chi connectivity index (χ0) is 11.6. The summed E-state index contributed by atoms with van der Waals surface area (Å²) in [6, 6.07) is 0. The summed E-state index contributed by atoms with van der Waals surface area (Å²) in [6.07, 6.45) is 1.14. The molecule has 84 valence electrons. The number of carbonyl (C=O) groups is 1. The Morgan fingerprint density at radius 3 is 2.07 bits per heavy atom. The molecule has 6 heteroatoms. The molecule has 0 aliphatic heterocycles. The number of hydrogen-bond donors (Lipinski definition) is 0. The summed E-state index contributed by atoms with van der Waals surface area (Å²) in [5, 5.41) is -0.302. The first-order valence-corrected chi connectivity index (χ1v) is 7.61.